The van der Waals surface area contributed by atoms with E-state index in [0.29, 0.717) is 5.88 Å². The number of halogens is 1. The van der Waals surface area contributed by atoms with E-state index in [0.717, 1.165) is 24.4 Å². The van der Waals surface area contributed by atoms with Crippen LogP contribution in [0.5, 0.6) is 0 Å². The highest BCUT2D eigenvalue weighted by atomic mass is 35.5. The molecule has 1 aliphatic carbocycles. The van der Waals surface area contributed by atoms with Crippen LogP contribution in [-0.4, -0.2) is 21.6 Å². The smallest absolute Gasteiger partial charge is 0.149 e. The first kappa shape index (κ1) is 8.75. The highest BCUT2D eigenvalue weighted by Gasteiger charge is 2.42. The Morgan fingerprint density at radius 3 is 2.69 bits per heavy atom. The van der Waals surface area contributed by atoms with Crippen LogP contribution in [0.1, 0.15) is 18.5 Å². The van der Waals surface area contributed by atoms with Crippen LogP contribution in [0.4, 0.5) is 5.82 Å². The van der Waals surface area contributed by atoms with Gasteiger partial charge in [0, 0.05) is 5.88 Å². The number of anilines is 1. The van der Waals surface area contributed by atoms with Crippen molar-refractivity contribution in [3.05, 3.63) is 17.8 Å². The van der Waals surface area contributed by atoms with Gasteiger partial charge in [0.25, 0.3) is 0 Å². The number of rotatable bonds is 3. The second-order valence-electron chi connectivity index (χ2n) is 3.60. The summed E-state index contributed by atoms with van der Waals surface area (Å²) >= 11 is 5.83. The molecule has 0 atom stereocenters. The first-order chi connectivity index (χ1) is 6.24. The number of alkyl halides is 1. The summed E-state index contributed by atoms with van der Waals surface area (Å²) in [5, 5.41) is 11.3. The van der Waals surface area contributed by atoms with Gasteiger partial charge in [-0.25, -0.2) is 0 Å². The average Bonchev–Trinajstić information content (AvgIpc) is 2.90. The molecular weight excluding hydrogens is 186 g/mol. The molecule has 0 spiro atoms. The van der Waals surface area contributed by atoms with Crippen molar-refractivity contribution in [3.63, 3.8) is 0 Å². The standard InChI is InChI=1S/C9H12ClN3/c1-7-2-3-8(13-12-7)11-9(6-10)4-5-9/h2-3H,4-6H2,1H3,(H,11,13). The van der Waals surface area contributed by atoms with Crippen LogP contribution in [0.25, 0.3) is 0 Å². The molecule has 1 aromatic heterocycles. The van der Waals surface area contributed by atoms with Crippen molar-refractivity contribution in [3.8, 4) is 0 Å². The molecule has 4 heteroatoms. The second kappa shape index (κ2) is 3.14. The van der Waals surface area contributed by atoms with Gasteiger partial charge >= 0.3 is 0 Å². The van der Waals surface area contributed by atoms with E-state index in [1.165, 1.54) is 0 Å². The highest BCUT2D eigenvalue weighted by Crippen LogP contribution is 2.39. The zero-order valence-corrected chi connectivity index (χ0v) is 8.30. The lowest BCUT2D eigenvalue weighted by molar-refractivity contribution is 0.816. The fourth-order valence-corrected chi connectivity index (χ4v) is 1.51. The predicted molar refractivity (Wildman–Crippen MR) is 53.1 cm³/mol. The molecule has 2 rings (SSSR count). The Morgan fingerprint density at radius 1 is 1.46 bits per heavy atom. The van der Waals surface area contributed by atoms with E-state index in [4.69, 9.17) is 11.6 Å². The molecule has 1 N–H and O–H groups in total. The summed E-state index contributed by atoms with van der Waals surface area (Å²) in [7, 11) is 0. The van der Waals surface area contributed by atoms with Gasteiger partial charge in [0.2, 0.25) is 0 Å². The fraction of sp³-hybridized carbons (Fsp3) is 0.556. The number of hydrogen-bond acceptors (Lipinski definition) is 3. The Labute approximate surface area is 82.5 Å². The minimum absolute atomic E-state index is 0.103. The van der Waals surface area contributed by atoms with Gasteiger partial charge in [-0.05, 0) is 31.9 Å². The van der Waals surface area contributed by atoms with Crippen molar-refractivity contribution in [2.75, 3.05) is 11.2 Å². The molecule has 1 aromatic rings. The minimum Gasteiger partial charge on any atom is -0.362 e. The summed E-state index contributed by atoms with van der Waals surface area (Å²) in [5.74, 6) is 1.46. The lowest BCUT2D eigenvalue weighted by Crippen LogP contribution is -2.23. The Balaban J connectivity index is 2.06. The molecular formula is C9H12ClN3. The third kappa shape index (κ3) is 1.91. The maximum Gasteiger partial charge on any atom is 0.149 e. The molecule has 1 aliphatic rings. The van der Waals surface area contributed by atoms with Gasteiger partial charge in [0.05, 0.1) is 11.2 Å². The van der Waals surface area contributed by atoms with Crippen molar-refractivity contribution < 1.29 is 0 Å². The van der Waals surface area contributed by atoms with Crippen LogP contribution in [-0.2, 0) is 0 Å². The SMILES string of the molecule is Cc1ccc(NC2(CCl)CC2)nn1. The number of aryl methyl sites for hydroxylation is 1. The van der Waals surface area contributed by atoms with E-state index in [1.54, 1.807) is 0 Å². The molecule has 0 amide bonds. The summed E-state index contributed by atoms with van der Waals surface area (Å²) < 4.78 is 0. The van der Waals surface area contributed by atoms with Gasteiger partial charge in [-0.1, -0.05) is 0 Å². The van der Waals surface area contributed by atoms with E-state index in [2.05, 4.69) is 15.5 Å². The molecule has 0 aliphatic heterocycles. The number of nitrogens with one attached hydrogen (secondary N) is 1. The van der Waals surface area contributed by atoms with E-state index in [9.17, 15) is 0 Å². The van der Waals surface area contributed by atoms with Gasteiger partial charge in [-0.15, -0.1) is 16.7 Å². The first-order valence-corrected chi connectivity index (χ1v) is 4.92. The Kier molecular flexibility index (Phi) is 2.12. The molecule has 0 unspecified atom stereocenters. The van der Waals surface area contributed by atoms with E-state index >= 15 is 0 Å². The lowest BCUT2D eigenvalue weighted by atomic mass is 10.3. The van der Waals surface area contributed by atoms with Gasteiger partial charge < -0.3 is 5.32 Å². The van der Waals surface area contributed by atoms with Gasteiger partial charge in [0.1, 0.15) is 5.82 Å². The number of nitrogens with zero attached hydrogens (tertiary/aromatic N) is 2. The highest BCUT2D eigenvalue weighted by molar-refractivity contribution is 6.19. The molecule has 0 radical (unpaired) electrons. The fourth-order valence-electron chi connectivity index (χ4n) is 1.18. The van der Waals surface area contributed by atoms with Gasteiger partial charge in [-0.3, -0.25) is 0 Å². The van der Waals surface area contributed by atoms with E-state index < -0.39 is 0 Å². The molecule has 0 aromatic carbocycles. The summed E-state index contributed by atoms with van der Waals surface area (Å²) in [6.07, 6.45) is 2.26. The van der Waals surface area contributed by atoms with Crippen LogP contribution in [0, 0.1) is 6.92 Å². The molecule has 1 saturated carbocycles. The van der Waals surface area contributed by atoms with E-state index in [-0.39, 0.29) is 5.54 Å². The molecule has 1 fully saturated rings. The normalized spacial score (nSPS) is 18.3. The van der Waals surface area contributed by atoms with Crippen LogP contribution in [0.15, 0.2) is 12.1 Å². The minimum atomic E-state index is 0.103. The molecule has 0 bridgehead atoms. The molecule has 70 valence electrons. The monoisotopic (exact) mass is 197 g/mol. The van der Waals surface area contributed by atoms with Crippen molar-refractivity contribution in [1.82, 2.24) is 10.2 Å². The topological polar surface area (TPSA) is 37.8 Å². The first-order valence-electron chi connectivity index (χ1n) is 4.39. The maximum atomic E-state index is 5.83. The van der Waals surface area contributed by atoms with Gasteiger partial charge in [0.15, 0.2) is 0 Å². The predicted octanol–water partition coefficient (Wildman–Crippen LogP) is 1.97. The molecule has 0 saturated heterocycles. The Hall–Kier alpha value is -0.830. The number of hydrogen-bond donors (Lipinski definition) is 1. The van der Waals surface area contributed by atoms with Crippen LogP contribution in [0.3, 0.4) is 0 Å². The largest absolute Gasteiger partial charge is 0.362 e. The lowest BCUT2D eigenvalue weighted by Gasteiger charge is -2.13. The maximum absolute atomic E-state index is 5.83. The zero-order valence-electron chi connectivity index (χ0n) is 7.55. The summed E-state index contributed by atoms with van der Waals surface area (Å²) in [4.78, 5) is 0. The second-order valence-corrected chi connectivity index (χ2v) is 3.87. The summed E-state index contributed by atoms with van der Waals surface area (Å²) in [5.41, 5.74) is 1.03. The van der Waals surface area contributed by atoms with Crippen LogP contribution in [0.2, 0.25) is 0 Å². The number of aromatic nitrogens is 2. The van der Waals surface area contributed by atoms with Crippen molar-refractivity contribution in [2.45, 2.75) is 25.3 Å². The van der Waals surface area contributed by atoms with Crippen molar-refractivity contribution in [1.29, 1.82) is 0 Å². The van der Waals surface area contributed by atoms with Crippen LogP contribution >= 0.6 is 11.6 Å². The zero-order chi connectivity index (χ0) is 9.31. The third-order valence-electron chi connectivity index (χ3n) is 2.30. The van der Waals surface area contributed by atoms with E-state index in [1.807, 2.05) is 19.1 Å². The average molecular weight is 198 g/mol. The molecule has 3 nitrogen and oxygen atoms in total. The quantitative estimate of drug-likeness (QED) is 0.753. The van der Waals surface area contributed by atoms with Crippen molar-refractivity contribution >= 4 is 17.4 Å². The molecule has 13 heavy (non-hydrogen) atoms. The van der Waals surface area contributed by atoms with Crippen molar-refractivity contribution in [2.24, 2.45) is 0 Å². The van der Waals surface area contributed by atoms with Gasteiger partial charge in [-0.2, -0.15) is 5.10 Å². The Morgan fingerprint density at radius 2 is 2.23 bits per heavy atom. The summed E-state index contributed by atoms with van der Waals surface area (Å²) in [6, 6.07) is 3.88. The van der Waals surface area contributed by atoms with Crippen LogP contribution < -0.4 is 5.32 Å². The third-order valence-corrected chi connectivity index (χ3v) is 2.81. The molecule has 1 heterocycles. The summed E-state index contributed by atoms with van der Waals surface area (Å²) in [6.45, 7) is 1.92. The Bertz CT molecular complexity index is 292.